The fourth-order valence-corrected chi connectivity index (χ4v) is 1.81. The molecule has 0 radical (unpaired) electrons. The standard InChI is InChI=1S/C17H15N3O4/c1-24-16-8-5-13(6-9-16)7-10-17(21)19-18-12-14-3-2-4-15(11-14)20(22)23/h2-12H,1H3,(H,19,21)/b10-7+,18-12-. The van der Waals surface area contributed by atoms with Crippen LogP contribution in [-0.2, 0) is 4.79 Å². The Hall–Kier alpha value is -3.48. The molecule has 0 heterocycles. The van der Waals surface area contributed by atoms with Crippen LogP contribution in [0.3, 0.4) is 0 Å². The highest BCUT2D eigenvalue weighted by atomic mass is 16.6. The van der Waals surface area contributed by atoms with Gasteiger partial charge in [0.1, 0.15) is 5.75 Å². The molecule has 0 aromatic heterocycles. The average Bonchev–Trinajstić information content (AvgIpc) is 2.60. The number of nitrogens with zero attached hydrogens (tertiary/aromatic N) is 2. The number of methoxy groups -OCH3 is 1. The molecular weight excluding hydrogens is 310 g/mol. The van der Waals surface area contributed by atoms with Gasteiger partial charge in [-0.05, 0) is 23.8 Å². The molecule has 0 bridgehead atoms. The van der Waals surface area contributed by atoms with Crippen LogP contribution in [0.25, 0.3) is 6.08 Å². The third-order valence-corrected chi connectivity index (χ3v) is 3.01. The Kier molecular flexibility index (Phi) is 5.79. The van der Waals surface area contributed by atoms with E-state index in [4.69, 9.17) is 4.74 Å². The van der Waals surface area contributed by atoms with E-state index in [0.29, 0.717) is 5.56 Å². The Morgan fingerprint density at radius 3 is 2.62 bits per heavy atom. The summed E-state index contributed by atoms with van der Waals surface area (Å²) >= 11 is 0. The van der Waals surface area contributed by atoms with Crippen LogP contribution in [0.2, 0.25) is 0 Å². The molecule has 7 nitrogen and oxygen atoms in total. The Morgan fingerprint density at radius 2 is 1.96 bits per heavy atom. The van der Waals surface area contributed by atoms with Crippen molar-refractivity contribution in [1.29, 1.82) is 0 Å². The zero-order valence-corrected chi connectivity index (χ0v) is 12.9. The minimum atomic E-state index is -0.493. The number of carbonyl (C=O) groups is 1. The van der Waals surface area contributed by atoms with Crippen LogP contribution in [0, 0.1) is 10.1 Å². The maximum absolute atomic E-state index is 11.7. The number of benzene rings is 2. The molecular formula is C17H15N3O4. The second kappa shape index (κ2) is 8.23. The van der Waals surface area contributed by atoms with Gasteiger partial charge < -0.3 is 4.74 Å². The molecule has 0 fully saturated rings. The van der Waals surface area contributed by atoms with E-state index in [0.717, 1.165) is 11.3 Å². The zero-order valence-electron chi connectivity index (χ0n) is 12.9. The van der Waals surface area contributed by atoms with Crippen molar-refractivity contribution in [2.45, 2.75) is 0 Å². The third-order valence-electron chi connectivity index (χ3n) is 3.01. The van der Waals surface area contributed by atoms with E-state index in [1.165, 1.54) is 24.4 Å². The number of rotatable bonds is 6. The second-order valence-electron chi connectivity index (χ2n) is 4.69. The molecule has 24 heavy (non-hydrogen) atoms. The molecule has 0 aliphatic rings. The van der Waals surface area contributed by atoms with E-state index in [-0.39, 0.29) is 5.69 Å². The van der Waals surface area contributed by atoms with E-state index < -0.39 is 10.8 Å². The molecule has 0 aliphatic heterocycles. The maximum Gasteiger partial charge on any atom is 0.270 e. The highest BCUT2D eigenvalue weighted by Crippen LogP contribution is 2.12. The van der Waals surface area contributed by atoms with Gasteiger partial charge in [-0.15, -0.1) is 0 Å². The number of carbonyl (C=O) groups excluding carboxylic acids is 1. The predicted octanol–water partition coefficient (Wildman–Crippen LogP) is 2.77. The van der Waals surface area contributed by atoms with Crippen molar-refractivity contribution < 1.29 is 14.5 Å². The molecule has 0 unspecified atom stereocenters. The number of hydrazone groups is 1. The summed E-state index contributed by atoms with van der Waals surface area (Å²) < 4.78 is 5.05. The minimum Gasteiger partial charge on any atom is -0.497 e. The molecule has 1 amide bonds. The number of hydrogen-bond acceptors (Lipinski definition) is 5. The quantitative estimate of drug-likeness (QED) is 0.382. The molecule has 2 aromatic carbocycles. The Bertz CT molecular complexity index is 783. The number of ether oxygens (including phenoxy) is 1. The first kappa shape index (κ1) is 16.9. The van der Waals surface area contributed by atoms with Crippen molar-refractivity contribution in [2.24, 2.45) is 5.10 Å². The van der Waals surface area contributed by atoms with Crippen LogP contribution in [-0.4, -0.2) is 24.2 Å². The van der Waals surface area contributed by atoms with Crippen molar-refractivity contribution in [3.63, 3.8) is 0 Å². The van der Waals surface area contributed by atoms with Gasteiger partial charge in [0.2, 0.25) is 0 Å². The van der Waals surface area contributed by atoms with E-state index >= 15 is 0 Å². The number of nitrogens with one attached hydrogen (secondary N) is 1. The van der Waals surface area contributed by atoms with Gasteiger partial charge in [0.15, 0.2) is 0 Å². The van der Waals surface area contributed by atoms with Gasteiger partial charge in [-0.3, -0.25) is 14.9 Å². The van der Waals surface area contributed by atoms with E-state index in [9.17, 15) is 14.9 Å². The first-order valence-corrected chi connectivity index (χ1v) is 6.98. The third kappa shape index (κ3) is 5.06. The highest BCUT2D eigenvalue weighted by molar-refractivity contribution is 5.92. The first-order valence-electron chi connectivity index (χ1n) is 6.98. The van der Waals surface area contributed by atoms with Crippen LogP contribution in [0.5, 0.6) is 5.75 Å². The monoisotopic (exact) mass is 325 g/mol. The number of hydrogen-bond donors (Lipinski definition) is 1. The van der Waals surface area contributed by atoms with Crippen molar-refractivity contribution in [3.05, 3.63) is 75.8 Å². The van der Waals surface area contributed by atoms with Gasteiger partial charge in [-0.2, -0.15) is 5.10 Å². The Labute approximate surface area is 138 Å². The van der Waals surface area contributed by atoms with Crippen LogP contribution in [0.4, 0.5) is 5.69 Å². The smallest absolute Gasteiger partial charge is 0.270 e. The summed E-state index contributed by atoms with van der Waals surface area (Å²) in [6.07, 6.45) is 4.32. The summed E-state index contributed by atoms with van der Waals surface area (Å²) in [4.78, 5) is 21.8. The van der Waals surface area contributed by atoms with Crippen LogP contribution in [0.15, 0.2) is 59.7 Å². The Morgan fingerprint density at radius 1 is 1.21 bits per heavy atom. The lowest BCUT2D eigenvalue weighted by Crippen LogP contribution is -2.14. The van der Waals surface area contributed by atoms with Crippen molar-refractivity contribution in [3.8, 4) is 5.75 Å². The molecule has 0 spiro atoms. The van der Waals surface area contributed by atoms with E-state index in [1.54, 1.807) is 37.5 Å². The Balaban J connectivity index is 1.91. The fraction of sp³-hybridized carbons (Fsp3) is 0.0588. The van der Waals surface area contributed by atoms with Gasteiger partial charge in [0.25, 0.3) is 11.6 Å². The second-order valence-corrected chi connectivity index (χ2v) is 4.69. The predicted molar refractivity (Wildman–Crippen MR) is 90.9 cm³/mol. The van der Waals surface area contributed by atoms with Crippen molar-refractivity contribution in [1.82, 2.24) is 5.43 Å². The summed E-state index contributed by atoms with van der Waals surface area (Å²) in [5.41, 5.74) is 3.64. The number of non-ortho nitro benzene ring substituents is 1. The summed E-state index contributed by atoms with van der Waals surface area (Å²) in [7, 11) is 1.58. The molecule has 0 saturated carbocycles. The van der Waals surface area contributed by atoms with Crippen molar-refractivity contribution >= 4 is 23.9 Å². The summed E-state index contributed by atoms with van der Waals surface area (Å²) in [5, 5.41) is 14.4. The summed E-state index contributed by atoms with van der Waals surface area (Å²) in [6, 6.07) is 13.1. The minimum absolute atomic E-state index is 0.0373. The van der Waals surface area contributed by atoms with Crippen LogP contribution >= 0.6 is 0 Å². The largest absolute Gasteiger partial charge is 0.497 e. The lowest BCUT2D eigenvalue weighted by molar-refractivity contribution is -0.384. The molecule has 7 heteroatoms. The van der Waals surface area contributed by atoms with Crippen LogP contribution in [0.1, 0.15) is 11.1 Å². The molecule has 122 valence electrons. The van der Waals surface area contributed by atoms with E-state index in [2.05, 4.69) is 10.5 Å². The summed E-state index contributed by atoms with van der Waals surface area (Å²) in [6.45, 7) is 0. The molecule has 2 aromatic rings. The van der Waals surface area contributed by atoms with E-state index in [1.807, 2.05) is 12.1 Å². The average molecular weight is 325 g/mol. The summed E-state index contributed by atoms with van der Waals surface area (Å²) in [5.74, 6) is 0.325. The van der Waals surface area contributed by atoms with Gasteiger partial charge in [0, 0.05) is 23.8 Å². The number of nitro groups is 1. The van der Waals surface area contributed by atoms with Gasteiger partial charge >= 0.3 is 0 Å². The van der Waals surface area contributed by atoms with Gasteiger partial charge in [-0.1, -0.05) is 24.3 Å². The number of amides is 1. The maximum atomic E-state index is 11.7. The fourth-order valence-electron chi connectivity index (χ4n) is 1.81. The lowest BCUT2D eigenvalue weighted by atomic mass is 10.2. The lowest BCUT2D eigenvalue weighted by Gasteiger charge is -1.99. The van der Waals surface area contributed by atoms with Gasteiger partial charge in [-0.25, -0.2) is 5.43 Å². The first-order chi connectivity index (χ1) is 11.6. The SMILES string of the molecule is COc1ccc(/C=C/C(=O)N/N=C\c2cccc([N+](=O)[O-])c2)cc1. The van der Waals surface area contributed by atoms with Crippen molar-refractivity contribution in [2.75, 3.05) is 7.11 Å². The number of nitro benzene ring substituents is 1. The highest BCUT2D eigenvalue weighted by Gasteiger charge is 2.03. The normalized spacial score (nSPS) is 10.9. The van der Waals surface area contributed by atoms with Crippen LogP contribution < -0.4 is 10.2 Å². The molecule has 0 atom stereocenters. The molecule has 1 N–H and O–H groups in total. The molecule has 2 rings (SSSR count). The molecule has 0 saturated heterocycles. The topological polar surface area (TPSA) is 93.8 Å². The molecule has 0 aliphatic carbocycles. The zero-order chi connectivity index (χ0) is 17.4. The van der Waals surface area contributed by atoms with Gasteiger partial charge in [0.05, 0.1) is 18.2 Å².